The Balaban J connectivity index is 1.61. The topological polar surface area (TPSA) is 71.6 Å². The minimum Gasteiger partial charge on any atom is -0.353 e. The molecule has 2 aromatic heterocycles. The lowest BCUT2D eigenvalue weighted by molar-refractivity contribution is -0.122. The van der Waals surface area contributed by atoms with E-state index in [1.54, 1.807) is 18.3 Å². The summed E-state index contributed by atoms with van der Waals surface area (Å²) in [6.45, 7) is 0.559. The smallest absolute Gasteiger partial charge is 0.350 e. The second-order valence-electron chi connectivity index (χ2n) is 7.10. The van der Waals surface area contributed by atoms with Gasteiger partial charge in [-0.1, -0.05) is 25.3 Å². The van der Waals surface area contributed by atoms with Gasteiger partial charge in [-0.25, -0.2) is 9.48 Å². The van der Waals surface area contributed by atoms with E-state index in [1.807, 2.05) is 6.07 Å². The molecule has 1 saturated carbocycles. The van der Waals surface area contributed by atoms with Crippen LogP contribution in [0, 0.1) is 5.92 Å². The van der Waals surface area contributed by atoms with Gasteiger partial charge in [0.05, 0.1) is 0 Å². The van der Waals surface area contributed by atoms with Crippen LogP contribution in [-0.4, -0.2) is 51.7 Å². The van der Waals surface area contributed by atoms with E-state index < -0.39 is 0 Å². The summed E-state index contributed by atoms with van der Waals surface area (Å²) in [6.07, 6.45) is 7.98. The average molecular weight is 345 g/mol. The number of aromatic nitrogens is 3. The molecular weight excluding hydrogens is 318 g/mol. The molecule has 1 atom stereocenters. The zero-order valence-corrected chi connectivity index (χ0v) is 15.0. The molecule has 0 saturated heterocycles. The van der Waals surface area contributed by atoms with Crippen LogP contribution < -0.4 is 11.0 Å². The van der Waals surface area contributed by atoms with Crippen LogP contribution in [0.15, 0.2) is 29.2 Å². The Morgan fingerprint density at radius 3 is 2.76 bits per heavy atom. The van der Waals surface area contributed by atoms with E-state index in [0.717, 1.165) is 0 Å². The van der Waals surface area contributed by atoms with E-state index in [1.165, 1.54) is 41.2 Å². The third-order valence-electron chi connectivity index (χ3n) is 5.15. The molecule has 1 aliphatic rings. The minimum atomic E-state index is -0.290. The number of hydrogen-bond donors (Lipinski definition) is 1. The molecule has 1 amide bonds. The largest absolute Gasteiger partial charge is 0.353 e. The molecular formula is C18H27N5O2. The van der Waals surface area contributed by atoms with Gasteiger partial charge in [0.2, 0.25) is 5.91 Å². The van der Waals surface area contributed by atoms with Gasteiger partial charge >= 0.3 is 5.69 Å². The summed E-state index contributed by atoms with van der Waals surface area (Å²) < 4.78 is 2.66. The van der Waals surface area contributed by atoms with Crippen molar-refractivity contribution >= 4 is 11.6 Å². The standard InChI is InChI=1S/C18H27N5O2/c1-21(2)15(14-8-4-3-5-9-14)12-19-17(24)13-23-18(25)22-11-7-6-10-16(22)20-23/h6-7,10-11,14-15H,3-5,8-9,12-13H2,1-2H3,(H,19,24)/t15-/m1/s1. The highest BCUT2D eigenvalue weighted by molar-refractivity contribution is 5.75. The maximum atomic E-state index is 12.3. The molecule has 0 aliphatic heterocycles. The van der Waals surface area contributed by atoms with Gasteiger partial charge in [-0.15, -0.1) is 5.10 Å². The number of hydrogen-bond acceptors (Lipinski definition) is 4. The fraction of sp³-hybridized carbons (Fsp3) is 0.611. The monoisotopic (exact) mass is 345 g/mol. The lowest BCUT2D eigenvalue weighted by Gasteiger charge is -2.34. The van der Waals surface area contributed by atoms with E-state index in [2.05, 4.69) is 29.4 Å². The second kappa shape index (κ2) is 7.82. The minimum absolute atomic E-state index is 0.0503. The number of nitrogens with zero attached hydrogens (tertiary/aromatic N) is 4. The third kappa shape index (κ3) is 4.10. The number of carbonyl (C=O) groups is 1. The Morgan fingerprint density at radius 2 is 2.08 bits per heavy atom. The summed E-state index contributed by atoms with van der Waals surface area (Å²) in [5.74, 6) is 0.454. The maximum absolute atomic E-state index is 12.3. The van der Waals surface area contributed by atoms with Crippen molar-refractivity contribution in [2.24, 2.45) is 5.92 Å². The Morgan fingerprint density at radius 1 is 1.32 bits per heavy atom. The summed E-state index contributed by atoms with van der Waals surface area (Å²) in [5.41, 5.74) is 0.260. The first-order valence-corrected chi connectivity index (χ1v) is 9.03. The van der Waals surface area contributed by atoms with Gasteiger partial charge in [-0.2, -0.15) is 0 Å². The number of nitrogens with one attached hydrogen (secondary N) is 1. The SMILES string of the molecule is CN(C)[C@H](CNC(=O)Cn1nc2ccccn2c1=O)C1CCCCC1. The summed E-state index contributed by atoms with van der Waals surface area (Å²) in [5, 5.41) is 7.19. The van der Waals surface area contributed by atoms with Crippen LogP contribution in [0.3, 0.4) is 0 Å². The first-order valence-electron chi connectivity index (χ1n) is 9.03. The lowest BCUT2D eigenvalue weighted by Crippen LogP contribution is -2.46. The molecule has 7 heteroatoms. The Hall–Kier alpha value is -2.15. The van der Waals surface area contributed by atoms with Crippen molar-refractivity contribution in [1.29, 1.82) is 0 Å². The molecule has 0 bridgehead atoms. The lowest BCUT2D eigenvalue weighted by atomic mass is 9.83. The van der Waals surface area contributed by atoms with Crippen molar-refractivity contribution in [2.45, 2.75) is 44.7 Å². The van der Waals surface area contributed by atoms with E-state index in [9.17, 15) is 9.59 Å². The first kappa shape index (κ1) is 17.7. The second-order valence-corrected chi connectivity index (χ2v) is 7.10. The van der Waals surface area contributed by atoms with E-state index in [4.69, 9.17) is 0 Å². The van der Waals surface area contributed by atoms with E-state index in [-0.39, 0.29) is 18.1 Å². The predicted octanol–water partition coefficient (Wildman–Crippen LogP) is 1.12. The van der Waals surface area contributed by atoms with Gasteiger partial charge in [-0.05, 0) is 45.0 Å². The van der Waals surface area contributed by atoms with Crippen LogP contribution in [0.25, 0.3) is 5.65 Å². The molecule has 0 aromatic carbocycles. The molecule has 0 radical (unpaired) electrons. The average Bonchev–Trinajstić information content (AvgIpc) is 2.92. The Bertz CT molecular complexity index is 773. The molecule has 25 heavy (non-hydrogen) atoms. The zero-order chi connectivity index (χ0) is 17.8. The van der Waals surface area contributed by atoms with Crippen LogP contribution in [0.1, 0.15) is 32.1 Å². The summed E-state index contributed by atoms with van der Waals surface area (Å²) >= 11 is 0. The first-order chi connectivity index (χ1) is 12.1. The van der Waals surface area contributed by atoms with Gasteiger partial charge in [0.15, 0.2) is 5.65 Å². The summed E-state index contributed by atoms with van der Waals surface area (Å²) in [6, 6.07) is 5.67. The fourth-order valence-corrected chi connectivity index (χ4v) is 3.77. The van der Waals surface area contributed by atoms with Crippen molar-refractivity contribution in [3.8, 4) is 0 Å². The van der Waals surface area contributed by atoms with Crippen LogP contribution in [-0.2, 0) is 11.3 Å². The molecule has 1 N–H and O–H groups in total. The molecule has 0 unspecified atom stereocenters. The number of carbonyl (C=O) groups excluding carboxylic acids is 1. The van der Waals surface area contributed by atoms with Gasteiger partial charge in [-0.3, -0.25) is 9.20 Å². The highest BCUT2D eigenvalue weighted by Gasteiger charge is 2.25. The van der Waals surface area contributed by atoms with Gasteiger partial charge < -0.3 is 10.2 Å². The molecule has 3 rings (SSSR count). The molecule has 0 spiro atoms. The molecule has 2 aromatic rings. The highest BCUT2D eigenvalue weighted by Crippen LogP contribution is 2.28. The van der Waals surface area contributed by atoms with Crippen LogP contribution in [0.4, 0.5) is 0 Å². The van der Waals surface area contributed by atoms with Crippen molar-refractivity contribution < 1.29 is 4.79 Å². The summed E-state index contributed by atoms with van der Waals surface area (Å²) in [4.78, 5) is 26.7. The van der Waals surface area contributed by atoms with Crippen LogP contribution in [0.2, 0.25) is 0 Å². The van der Waals surface area contributed by atoms with Crippen LogP contribution in [0.5, 0.6) is 0 Å². The Labute approximate surface area is 147 Å². The molecule has 1 fully saturated rings. The quantitative estimate of drug-likeness (QED) is 0.852. The molecule has 136 valence electrons. The molecule has 1 aliphatic carbocycles. The number of likely N-dealkylation sites (N-methyl/N-ethyl adjacent to an activating group) is 1. The molecule has 2 heterocycles. The molecule has 7 nitrogen and oxygen atoms in total. The van der Waals surface area contributed by atoms with Gasteiger partial charge in [0.25, 0.3) is 0 Å². The van der Waals surface area contributed by atoms with E-state index >= 15 is 0 Å². The number of rotatable bonds is 6. The van der Waals surface area contributed by atoms with Crippen molar-refractivity contribution in [1.82, 2.24) is 24.4 Å². The fourth-order valence-electron chi connectivity index (χ4n) is 3.77. The van der Waals surface area contributed by atoms with Crippen molar-refractivity contribution in [3.63, 3.8) is 0 Å². The number of fused-ring (bicyclic) bond motifs is 1. The van der Waals surface area contributed by atoms with Gasteiger partial charge in [0, 0.05) is 18.8 Å². The van der Waals surface area contributed by atoms with Crippen molar-refractivity contribution in [3.05, 3.63) is 34.9 Å². The van der Waals surface area contributed by atoms with Crippen molar-refractivity contribution in [2.75, 3.05) is 20.6 Å². The third-order valence-corrected chi connectivity index (χ3v) is 5.15. The Kier molecular flexibility index (Phi) is 5.53. The normalized spacial score (nSPS) is 17.1. The number of pyridine rings is 1. The highest BCUT2D eigenvalue weighted by atomic mass is 16.2. The number of amides is 1. The summed E-state index contributed by atoms with van der Waals surface area (Å²) in [7, 11) is 4.13. The zero-order valence-electron chi connectivity index (χ0n) is 15.0. The predicted molar refractivity (Wildman–Crippen MR) is 96.5 cm³/mol. The van der Waals surface area contributed by atoms with Crippen LogP contribution >= 0.6 is 0 Å². The maximum Gasteiger partial charge on any atom is 0.350 e. The van der Waals surface area contributed by atoms with E-state index in [0.29, 0.717) is 24.2 Å². The van der Waals surface area contributed by atoms with Gasteiger partial charge in [0.1, 0.15) is 6.54 Å².